The van der Waals surface area contributed by atoms with E-state index in [0.717, 1.165) is 0 Å². The summed E-state index contributed by atoms with van der Waals surface area (Å²) in [4.78, 5) is 28.4. The summed E-state index contributed by atoms with van der Waals surface area (Å²) in [5.41, 5.74) is 1.36. The van der Waals surface area contributed by atoms with Crippen LogP contribution >= 0.6 is 23.2 Å². The van der Waals surface area contributed by atoms with Gasteiger partial charge in [-0.25, -0.2) is 9.59 Å². The number of hydrogen-bond donors (Lipinski definition) is 2. The lowest BCUT2D eigenvalue weighted by atomic mass is 10.2. The zero-order valence-corrected chi connectivity index (χ0v) is 16.3. The standard InChI is InChI=1S/C19H20Cl2N4O2/c1-13-12-24(18(26)22-16-6-2-14(20)3-7-16)10-11-25(13)19(27)23-17-8-4-15(21)5-9-17/h2-9,13H,10-12H2,1H3,(H,22,26)(H,23,27)/t13-/m1/s1. The number of amides is 4. The number of benzene rings is 2. The molecule has 0 saturated carbocycles. The van der Waals surface area contributed by atoms with E-state index in [4.69, 9.17) is 23.2 Å². The number of nitrogens with zero attached hydrogens (tertiary/aromatic N) is 2. The van der Waals surface area contributed by atoms with Crippen molar-refractivity contribution in [3.05, 3.63) is 58.6 Å². The molecule has 1 aliphatic rings. The molecule has 1 fully saturated rings. The summed E-state index contributed by atoms with van der Waals surface area (Å²) >= 11 is 11.7. The zero-order chi connectivity index (χ0) is 19.4. The van der Waals surface area contributed by atoms with Gasteiger partial charge in [-0.15, -0.1) is 0 Å². The predicted molar refractivity (Wildman–Crippen MR) is 109 cm³/mol. The van der Waals surface area contributed by atoms with Crippen molar-refractivity contribution in [2.45, 2.75) is 13.0 Å². The van der Waals surface area contributed by atoms with Crippen LogP contribution in [0.2, 0.25) is 10.0 Å². The van der Waals surface area contributed by atoms with Crippen LogP contribution in [0, 0.1) is 0 Å². The van der Waals surface area contributed by atoms with E-state index in [2.05, 4.69) is 10.6 Å². The summed E-state index contributed by atoms with van der Waals surface area (Å²) in [5, 5.41) is 6.93. The lowest BCUT2D eigenvalue weighted by Crippen LogP contribution is -2.57. The molecule has 1 saturated heterocycles. The average molecular weight is 407 g/mol. The van der Waals surface area contributed by atoms with Crippen LogP contribution in [0.1, 0.15) is 6.92 Å². The molecule has 2 N–H and O–H groups in total. The third-order valence-electron chi connectivity index (χ3n) is 4.37. The van der Waals surface area contributed by atoms with Gasteiger partial charge >= 0.3 is 12.1 Å². The monoisotopic (exact) mass is 406 g/mol. The number of carbonyl (C=O) groups is 2. The van der Waals surface area contributed by atoms with Gasteiger partial charge in [0.15, 0.2) is 0 Å². The molecule has 0 radical (unpaired) electrons. The Bertz CT molecular complexity index is 811. The average Bonchev–Trinajstić information content (AvgIpc) is 2.65. The fourth-order valence-corrected chi connectivity index (χ4v) is 3.16. The van der Waals surface area contributed by atoms with E-state index in [0.29, 0.717) is 41.1 Å². The number of urea groups is 2. The molecule has 1 heterocycles. The number of halogens is 2. The molecule has 0 unspecified atom stereocenters. The van der Waals surface area contributed by atoms with Gasteiger partial charge in [0, 0.05) is 47.1 Å². The summed E-state index contributed by atoms with van der Waals surface area (Å²) in [6.45, 7) is 3.28. The maximum atomic E-state index is 12.5. The first-order valence-corrected chi connectivity index (χ1v) is 9.32. The van der Waals surface area contributed by atoms with Crippen LogP contribution in [-0.4, -0.2) is 47.5 Å². The Morgan fingerprint density at radius 2 is 1.33 bits per heavy atom. The Hall–Kier alpha value is -2.44. The highest BCUT2D eigenvalue weighted by molar-refractivity contribution is 6.30. The van der Waals surface area contributed by atoms with Gasteiger partial charge in [0.2, 0.25) is 0 Å². The number of hydrogen-bond acceptors (Lipinski definition) is 2. The highest BCUT2D eigenvalue weighted by Gasteiger charge is 2.29. The Kier molecular flexibility index (Phi) is 6.08. The zero-order valence-electron chi connectivity index (χ0n) is 14.8. The molecule has 0 spiro atoms. The summed E-state index contributed by atoms with van der Waals surface area (Å²) < 4.78 is 0. The number of rotatable bonds is 2. The largest absolute Gasteiger partial charge is 0.322 e. The minimum Gasteiger partial charge on any atom is -0.321 e. The Morgan fingerprint density at radius 3 is 1.81 bits per heavy atom. The van der Waals surface area contributed by atoms with E-state index in [1.807, 2.05) is 6.92 Å². The van der Waals surface area contributed by atoms with E-state index < -0.39 is 0 Å². The van der Waals surface area contributed by atoms with Gasteiger partial charge in [0.05, 0.1) is 0 Å². The summed E-state index contributed by atoms with van der Waals surface area (Å²) in [6.07, 6.45) is 0. The van der Waals surface area contributed by atoms with Gasteiger partial charge in [0.25, 0.3) is 0 Å². The fraction of sp³-hybridized carbons (Fsp3) is 0.263. The quantitative estimate of drug-likeness (QED) is 0.754. The van der Waals surface area contributed by atoms with Crippen molar-refractivity contribution in [3.63, 3.8) is 0 Å². The van der Waals surface area contributed by atoms with Gasteiger partial charge in [-0.05, 0) is 55.5 Å². The van der Waals surface area contributed by atoms with E-state index in [-0.39, 0.29) is 18.1 Å². The summed E-state index contributed by atoms with van der Waals surface area (Å²) in [5.74, 6) is 0. The van der Waals surface area contributed by atoms with Crippen LogP contribution in [-0.2, 0) is 0 Å². The van der Waals surface area contributed by atoms with E-state index >= 15 is 0 Å². The van der Waals surface area contributed by atoms with E-state index in [9.17, 15) is 9.59 Å². The fourth-order valence-electron chi connectivity index (χ4n) is 2.91. The molecule has 0 aliphatic carbocycles. The highest BCUT2D eigenvalue weighted by Crippen LogP contribution is 2.18. The van der Waals surface area contributed by atoms with Crippen molar-refractivity contribution in [1.82, 2.24) is 9.80 Å². The number of nitrogens with one attached hydrogen (secondary N) is 2. The molecule has 1 atom stereocenters. The second-order valence-corrected chi connectivity index (χ2v) is 7.24. The van der Waals surface area contributed by atoms with Crippen LogP contribution in [0.3, 0.4) is 0 Å². The topological polar surface area (TPSA) is 64.7 Å². The first kappa shape index (κ1) is 19.3. The van der Waals surface area contributed by atoms with Crippen LogP contribution in [0.4, 0.5) is 21.0 Å². The third kappa shape index (κ3) is 5.05. The van der Waals surface area contributed by atoms with Crippen molar-refractivity contribution in [1.29, 1.82) is 0 Å². The van der Waals surface area contributed by atoms with Gasteiger partial charge < -0.3 is 20.4 Å². The van der Waals surface area contributed by atoms with Crippen molar-refractivity contribution < 1.29 is 9.59 Å². The Balaban J connectivity index is 1.54. The third-order valence-corrected chi connectivity index (χ3v) is 4.87. The predicted octanol–water partition coefficient (Wildman–Crippen LogP) is 4.76. The molecular formula is C19H20Cl2N4O2. The van der Waals surface area contributed by atoms with Crippen LogP contribution in [0.5, 0.6) is 0 Å². The maximum absolute atomic E-state index is 12.5. The van der Waals surface area contributed by atoms with Crippen molar-refractivity contribution >= 4 is 46.6 Å². The Morgan fingerprint density at radius 1 is 0.852 bits per heavy atom. The van der Waals surface area contributed by atoms with Gasteiger partial charge in [-0.1, -0.05) is 23.2 Å². The molecule has 3 rings (SSSR count). The molecule has 8 heteroatoms. The SMILES string of the molecule is C[C@@H]1CN(C(=O)Nc2ccc(Cl)cc2)CCN1C(=O)Nc1ccc(Cl)cc1. The normalized spacial score (nSPS) is 16.8. The molecule has 27 heavy (non-hydrogen) atoms. The number of piperazine rings is 1. The first-order valence-electron chi connectivity index (χ1n) is 8.57. The highest BCUT2D eigenvalue weighted by atomic mass is 35.5. The van der Waals surface area contributed by atoms with Gasteiger partial charge in [0.1, 0.15) is 0 Å². The van der Waals surface area contributed by atoms with Crippen molar-refractivity contribution in [2.24, 2.45) is 0 Å². The molecular weight excluding hydrogens is 387 g/mol. The van der Waals surface area contributed by atoms with Crippen LogP contribution in [0.25, 0.3) is 0 Å². The molecule has 142 valence electrons. The van der Waals surface area contributed by atoms with Crippen molar-refractivity contribution in [2.75, 3.05) is 30.3 Å². The summed E-state index contributed by atoms with van der Waals surface area (Å²) in [7, 11) is 0. The first-order chi connectivity index (χ1) is 12.9. The lowest BCUT2D eigenvalue weighted by Gasteiger charge is -2.39. The minimum atomic E-state index is -0.193. The molecule has 1 aliphatic heterocycles. The second kappa shape index (κ2) is 8.50. The van der Waals surface area contributed by atoms with Gasteiger partial charge in [-0.3, -0.25) is 0 Å². The summed E-state index contributed by atoms with van der Waals surface area (Å²) in [6, 6.07) is 13.4. The van der Waals surface area contributed by atoms with Crippen molar-refractivity contribution in [3.8, 4) is 0 Å². The number of anilines is 2. The molecule has 2 aromatic carbocycles. The minimum absolute atomic E-state index is 0.109. The molecule has 0 aromatic heterocycles. The Labute approximate surface area is 168 Å². The molecule has 2 aromatic rings. The molecule has 0 bridgehead atoms. The molecule has 6 nitrogen and oxygen atoms in total. The van der Waals surface area contributed by atoms with Gasteiger partial charge in [-0.2, -0.15) is 0 Å². The smallest absolute Gasteiger partial charge is 0.321 e. The number of carbonyl (C=O) groups excluding carboxylic acids is 2. The van der Waals surface area contributed by atoms with E-state index in [1.165, 1.54) is 0 Å². The second-order valence-electron chi connectivity index (χ2n) is 6.36. The van der Waals surface area contributed by atoms with E-state index in [1.54, 1.807) is 58.3 Å². The molecule has 4 amide bonds. The maximum Gasteiger partial charge on any atom is 0.322 e. The van der Waals surface area contributed by atoms with Crippen LogP contribution < -0.4 is 10.6 Å². The van der Waals surface area contributed by atoms with Crippen LogP contribution in [0.15, 0.2) is 48.5 Å². The lowest BCUT2D eigenvalue weighted by molar-refractivity contribution is 0.124.